The number of anilines is 1. The molecule has 0 aliphatic rings. The van der Waals surface area contributed by atoms with Crippen LogP contribution in [0.25, 0.3) is 0 Å². The minimum absolute atomic E-state index is 0.220. The number of halogens is 4. The second-order valence-electron chi connectivity index (χ2n) is 5.08. The lowest BCUT2D eigenvalue weighted by Crippen LogP contribution is -2.42. The van der Waals surface area contributed by atoms with Crippen LogP contribution in [0.5, 0.6) is 0 Å². The van der Waals surface area contributed by atoms with Crippen molar-refractivity contribution in [3.63, 3.8) is 0 Å². The maximum absolute atomic E-state index is 13.1. The molecule has 126 valence electrons. The Morgan fingerprint density at radius 2 is 1.87 bits per heavy atom. The van der Waals surface area contributed by atoms with Crippen LogP contribution in [0.15, 0.2) is 36.5 Å². The average molecular weight is 332 g/mol. The van der Waals surface area contributed by atoms with E-state index < -0.39 is 29.7 Å². The minimum atomic E-state index is -4.96. The third-order valence-corrected chi connectivity index (χ3v) is 2.83. The molecule has 1 unspecified atom stereocenters. The first-order chi connectivity index (χ1) is 10.6. The lowest BCUT2D eigenvalue weighted by atomic mass is 10.0. The van der Waals surface area contributed by atoms with Gasteiger partial charge in [0.25, 0.3) is 5.78 Å². The molecule has 0 bridgehead atoms. The number of rotatable bonds is 6. The molecule has 8 heteroatoms. The van der Waals surface area contributed by atoms with Crippen molar-refractivity contribution in [3.05, 3.63) is 42.4 Å². The Bertz CT molecular complexity index is 597. The number of alkyl halides is 3. The molecule has 1 rings (SSSR count). The fourth-order valence-electron chi connectivity index (χ4n) is 1.68. The molecule has 4 nitrogen and oxygen atoms in total. The number of hydrogen-bond acceptors (Lipinski definition) is 3. The first-order valence-corrected chi connectivity index (χ1v) is 6.71. The molecular formula is C15H16F4N2O2. The van der Waals surface area contributed by atoms with Gasteiger partial charge in [0.2, 0.25) is 5.91 Å². The van der Waals surface area contributed by atoms with Crippen molar-refractivity contribution in [1.29, 1.82) is 0 Å². The Morgan fingerprint density at radius 3 is 2.39 bits per heavy atom. The molecule has 1 amide bonds. The van der Waals surface area contributed by atoms with Crippen LogP contribution in [0, 0.1) is 11.7 Å². The van der Waals surface area contributed by atoms with Gasteiger partial charge in [-0.25, -0.2) is 4.39 Å². The third kappa shape index (κ3) is 6.09. The molecule has 23 heavy (non-hydrogen) atoms. The monoisotopic (exact) mass is 332 g/mol. The number of allylic oxidation sites excluding steroid dienone is 1. The maximum Gasteiger partial charge on any atom is 0.454 e. The van der Waals surface area contributed by atoms with Gasteiger partial charge in [-0.15, -0.1) is 0 Å². The standard InChI is InChI=1S/C15H16F4N2O2/c1-9(2)13(20-7-6-12(22)15(17,18)19)14(23)21-11-5-3-4-10(16)8-11/h3-9,13,20H,1-2H3,(H,21,23)/b7-6+. The number of amides is 1. The van der Waals surface area contributed by atoms with Crippen molar-refractivity contribution < 1.29 is 27.2 Å². The topological polar surface area (TPSA) is 58.2 Å². The van der Waals surface area contributed by atoms with Gasteiger partial charge < -0.3 is 10.6 Å². The van der Waals surface area contributed by atoms with Gasteiger partial charge in [-0.1, -0.05) is 19.9 Å². The van der Waals surface area contributed by atoms with Gasteiger partial charge >= 0.3 is 6.18 Å². The highest BCUT2D eigenvalue weighted by atomic mass is 19.4. The first kappa shape index (κ1) is 18.7. The maximum atomic E-state index is 13.1. The van der Waals surface area contributed by atoms with Gasteiger partial charge in [0.05, 0.1) is 0 Å². The van der Waals surface area contributed by atoms with E-state index in [9.17, 15) is 27.2 Å². The van der Waals surface area contributed by atoms with E-state index in [-0.39, 0.29) is 11.6 Å². The van der Waals surface area contributed by atoms with Crippen LogP contribution in [0.3, 0.4) is 0 Å². The van der Waals surface area contributed by atoms with Gasteiger partial charge in [0.1, 0.15) is 11.9 Å². The molecule has 0 aliphatic heterocycles. The summed E-state index contributed by atoms with van der Waals surface area (Å²) in [5.41, 5.74) is 0.220. The average Bonchev–Trinajstić information content (AvgIpc) is 2.41. The number of carbonyl (C=O) groups is 2. The lowest BCUT2D eigenvalue weighted by Gasteiger charge is -2.20. The summed E-state index contributed by atoms with van der Waals surface area (Å²) in [4.78, 5) is 22.8. The molecule has 0 saturated carbocycles. The molecule has 0 aromatic heterocycles. The lowest BCUT2D eigenvalue weighted by molar-refractivity contribution is -0.165. The van der Waals surface area contributed by atoms with Crippen molar-refractivity contribution in [2.45, 2.75) is 26.1 Å². The summed E-state index contributed by atoms with van der Waals surface area (Å²) >= 11 is 0. The third-order valence-electron chi connectivity index (χ3n) is 2.83. The van der Waals surface area contributed by atoms with Crippen LogP contribution in [0.2, 0.25) is 0 Å². The van der Waals surface area contributed by atoms with Crippen molar-refractivity contribution in [2.24, 2.45) is 5.92 Å². The molecular weight excluding hydrogens is 316 g/mol. The van der Waals surface area contributed by atoms with Crippen LogP contribution in [0.1, 0.15) is 13.8 Å². The van der Waals surface area contributed by atoms with Gasteiger partial charge in [-0.2, -0.15) is 13.2 Å². The van der Waals surface area contributed by atoms with Gasteiger partial charge in [0, 0.05) is 18.0 Å². The second-order valence-corrected chi connectivity index (χ2v) is 5.08. The van der Waals surface area contributed by atoms with E-state index in [0.717, 1.165) is 12.3 Å². The Labute approximate surface area is 130 Å². The molecule has 1 aromatic rings. The highest BCUT2D eigenvalue weighted by Gasteiger charge is 2.36. The summed E-state index contributed by atoms with van der Waals surface area (Å²) in [5.74, 6) is -3.41. The molecule has 0 saturated heterocycles. The number of ketones is 1. The largest absolute Gasteiger partial charge is 0.454 e. The number of carbonyl (C=O) groups excluding carboxylic acids is 2. The van der Waals surface area contributed by atoms with E-state index in [4.69, 9.17) is 0 Å². The molecule has 0 aliphatic carbocycles. The van der Waals surface area contributed by atoms with Crippen LogP contribution in [-0.4, -0.2) is 23.9 Å². The van der Waals surface area contributed by atoms with Crippen molar-refractivity contribution in [2.75, 3.05) is 5.32 Å². The SMILES string of the molecule is CC(C)C(N/C=C/C(=O)C(F)(F)F)C(=O)Nc1cccc(F)c1. The molecule has 1 aromatic carbocycles. The summed E-state index contributed by atoms with van der Waals surface area (Å²) < 4.78 is 49.3. The summed E-state index contributed by atoms with van der Waals surface area (Å²) in [6, 6.07) is 4.31. The van der Waals surface area contributed by atoms with Crippen LogP contribution in [-0.2, 0) is 9.59 Å². The number of benzene rings is 1. The van der Waals surface area contributed by atoms with E-state index in [1.54, 1.807) is 13.8 Å². The molecule has 0 radical (unpaired) electrons. The second kappa shape index (κ2) is 7.75. The highest BCUT2D eigenvalue weighted by molar-refractivity contribution is 5.96. The summed E-state index contributed by atoms with van der Waals surface area (Å²) in [6.07, 6.45) is -3.87. The summed E-state index contributed by atoms with van der Waals surface area (Å²) in [6.45, 7) is 3.34. The highest BCUT2D eigenvalue weighted by Crippen LogP contribution is 2.16. The van der Waals surface area contributed by atoms with E-state index in [1.807, 2.05) is 0 Å². The Balaban J connectivity index is 2.73. The van der Waals surface area contributed by atoms with E-state index in [2.05, 4.69) is 10.6 Å². The zero-order valence-corrected chi connectivity index (χ0v) is 12.4. The minimum Gasteiger partial charge on any atom is -0.379 e. The van der Waals surface area contributed by atoms with Crippen LogP contribution < -0.4 is 10.6 Å². The van der Waals surface area contributed by atoms with Crippen LogP contribution >= 0.6 is 0 Å². The molecule has 0 fully saturated rings. The van der Waals surface area contributed by atoms with E-state index in [0.29, 0.717) is 6.08 Å². The normalized spacial score (nSPS) is 13.2. The van der Waals surface area contributed by atoms with Crippen molar-refractivity contribution >= 4 is 17.4 Å². The zero-order valence-electron chi connectivity index (χ0n) is 12.4. The van der Waals surface area contributed by atoms with E-state index in [1.165, 1.54) is 18.2 Å². The smallest absolute Gasteiger partial charge is 0.379 e. The molecule has 0 heterocycles. The summed E-state index contributed by atoms with van der Waals surface area (Å²) in [5, 5.41) is 4.90. The van der Waals surface area contributed by atoms with E-state index >= 15 is 0 Å². The summed E-state index contributed by atoms with van der Waals surface area (Å²) in [7, 11) is 0. The quantitative estimate of drug-likeness (QED) is 0.622. The predicted molar refractivity (Wildman–Crippen MR) is 77.0 cm³/mol. The molecule has 2 N–H and O–H groups in total. The number of nitrogens with one attached hydrogen (secondary N) is 2. The molecule has 1 atom stereocenters. The first-order valence-electron chi connectivity index (χ1n) is 6.71. The Morgan fingerprint density at radius 1 is 1.22 bits per heavy atom. The fourth-order valence-corrected chi connectivity index (χ4v) is 1.68. The van der Waals surface area contributed by atoms with Gasteiger partial charge in [0.15, 0.2) is 0 Å². The fraction of sp³-hybridized carbons (Fsp3) is 0.333. The predicted octanol–water partition coefficient (Wildman–Crippen LogP) is 3.02. The van der Waals surface area contributed by atoms with Crippen molar-refractivity contribution in [1.82, 2.24) is 5.32 Å². The number of hydrogen-bond donors (Lipinski definition) is 2. The molecule has 0 spiro atoms. The van der Waals surface area contributed by atoms with Gasteiger partial charge in [-0.05, 0) is 24.1 Å². The van der Waals surface area contributed by atoms with Crippen LogP contribution in [0.4, 0.5) is 23.2 Å². The van der Waals surface area contributed by atoms with Gasteiger partial charge in [-0.3, -0.25) is 9.59 Å². The Kier molecular flexibility index (Phi) is 6.29. The Hall–Kier alpha value is -2.38. The van der Waals surface area contributed by atoms with Crippen molar-refractivity contribution in [3.8, 4) is 0 Å². The zero-order chi connectivity index (χ0) is 17.6.